The summed E-state index contributed by atoms with van der Waals surface area (Å²) in [6, 6.07) is 3.84. The summed E-state index contributed by atoms with van der Waals surface area (Å²) in [4.78, 5) is 18.2. The van der Waals surface area contributed by atoms with Crippen molar-refractivity contribution in [1.29, 1.82) is 0 Å². The third-order valence-corrected chi connectivity index (χ3v) is 3.06. The minimum Gasteiger partial charge on any atom is -0.388 e. The third kappa shape index (κ3) is 3.72. The summed E-state index contributed by atoms with van der Waals surface area (Å²) in [5, 5.41) is 3.01. The number of amides is 1. The molecule has 0 aliphatic heterocycles. The van der Waals surface area contributed by atoms with Crippen LogP contribution in [0.5, 0.6) is 0 Å². The Hall–Kier alpha value is -1.58. The van der Waals surface area contributed by atoms with Crippen LogP contribution in [-0.4, -0.2) is 35.9 Å². The van der Waals surface area contributed by atoms with Crippen LogP contribution in [0.15, 0.2) is 18.3 Å². The number of hydrogen-bond donors (Lipinski definition) is 1. The Morgan fingerprint density at radius 2 is 2.11 bits per heavy atom. The molecule has 4 nitrogen and oxygen atoms in total. The second-order valence-corrected chi connectivity index (χ2v) is 5.07. The van der Waals surface area contributed by atoms with Crippen LogP contribution in [0.4, 0.5) is 5.69 Å². The molecule has 0 spiro atoms. The van der Waals surface area contributed by atoms with E-state index < -0.39 is 0 Å². The SMILES string of the molecule is CNc1ccnc(C(=O)N(C)C(C)CC(C)C)c1. The Morgan fingerprint density at radius 1 is 1.44 bits per heavy atom. The molecule has 1 aromatic heterocycles. The second kappa shape index (κ2) is 6.38. The van der Waals surface area contributed by atoms with Crippen molar-refractivity contribution < 1.29 is 4.79 Å². The summed E-state index contributed by atoms with van der Waals surface area (Å²) in [6.45, 7) is 6.39. The first-order valence-corrected chi connectivity index (χ1v) is 6.36. The molecule has 100 valence electrons. The summed E-state index contributed by atoms with van der Waals surface area (Å²) in [5.74, 6) is 0.548. The quantitative estimate of drug-likeness (QED) is 0.872. The van der Waals surface area contributed by atoms with E-state index in [-0.39, 0.29) is 11.9 Å². The molecular weight excluding hydrogens is 226 g/mol. The normalized spacial score (nSPS) is 12.3. The molecule has 1 aromatic rings. The molecule has 18 heavy (non-hydrogen) atoms. The van der Waals surface area contributed by atoms with E-state index in [1.54, 1.807) is 17.2 Å². The van der Waals surface area contributed by atoms with E-state index >= 15 is 0 Å². The fourth-order valence-electron chi connectivity index (χ4n) is 1.92. The zero-order valence-electron chi connectivity index (χ0n) is 11.9. The average Bonchev–Trinajstić information content (AvgIpc) is 2.36. The number of rotatable bonds is 5. The molecule has 0 aromatic carbocycles. The zero-order chi connectivity index (χ0) is 13.7. The fraction of sp³-hybridized carbons (Fsp3) is 0.571. The highest BCUT2D eigenvalue weighted by Crippen LogP contribution is 2.14. The van der Waals surface area contributed by atoms with Crippen molar-refractivity contribution in [3.05, 3.63) is 24.0 Å². The summed E-state index contributed by atoms with van der Waals surface area (Å²) < 4.78 is 0. The second-order valence-electron chi connectivity index (χ2n) is 5.07. The number of pyridine rings is 1. The third-order valence-electron chi connectivity index (χ3n) is 3.06. The Balaban J connectivity index is 2.79. The predicted molar refractivity (Wildman–Crippen MR) is 74.8 cm³/mol. The highest BCUT2D eigenvalue weighted by molar-refractivity contribution is 5.93. The van der Waals surface area contributed by atoms with Gasteiger partial charge in [-0.25, -0.2) is 0 Å². The first kappa shape index (κ1) is 14.5. The van der Waals surface area contributed by atoms with Gasteiger partial charge in [0.25, 0.3) is 5.91 Å². The molecule has 0 saturated heterocycles. The highest BCUT2D eigenvalue weighted by atomic mass is 16.2. The summed E-state index contributed by atoms with van der Waals surface area (Å²) in [7, 11) is 3.66. The van der Waals surface area contributed by atoms with Gasteiger partial charge in [-0.2, -0.15) is 0 Å². The lowest BCUT2D eigenvalue weighted by atomic mass is 10.0. The molecule has 0 bridgehead atoms. The van der Waals surface area contributed by atoms with Crippen molar-refractivity contribution >= 4 is 11.6 Å². The molecular formula is C14H23N3O. The molecule has 0 aliphatic rings. The Bertz CT molecular complexity index is 404. The van der Waals surface area contributed by atoms with Crippen molar-refractivity contribution in [3.63, 3.8) is 0 Å². The Kier molecular flexibility index (Phi) is 5.13. The molecule has 0 aliphatic carbocycles. The van der Waals surface area contributed by atoms with Crippen molar-refractivity contribution in [1.82, 2.24) is 9.88 Å². The van der Waals surface area contributed by atoms with Crippen molar-refractivity contribution in [3.8, 4) is 0 Å². The maximum absolute atomic E-state index is 12.3. The van der Waals surface area contributed by atoms with Gasteiger partial charge in [-0.05, 0) is 31.4 Å². The molecule has 0 radical (unpaired) electrons. The number of carbonyl (C=O) groups is 1. The topological polar surface area (TPSA) is 45.2 Å². The molecule has 1 amide bonds. The number of anilines is 1. The smallest absolute Gasteiger partial charge is 0.272 e. The minimum absolute atomic E-state index is 0.0275. The van der Waals surface area contributed by atoms with Crippen LogP contribution in [0, 0.1) is 5.92 Å². The molecule has 1 unspecified atom stereocenters. The number of carbonyl (C=O) groups excluding carboxylic acids is 1. The van der Waals surface area contributed by atoms with Gasteiger partial charge in [0.1, 0.15) is 5.69 Å². The van der Waals surface area contributed by atoms with Crippen LogP contribution in [-0.2, 0) is 0 Å². The van der Waals surface area contributed by atoms with E-state index in [0.29, 0.717) is 11.6 Å². The minimum atomic E-state index is -0.0275. The molecule has 1 N–H and O–H groups in total. The van der Waals surface area contributed by atoms with Gasteiger partial charge in [-0.15, -0.1) is 0 Å². The first-order valence-electron chi connectivity index (χ1n) is 6.36. The van der Waals surface area contributed by atoms with Crippen molar-refractivity contribution in [2.75, 3.05) is 19.4 Å². The lowest BCUT2D eigenvalue weighted by Gasteiger charge is -2.26. The van der Waals surface area contributed by atoms with Crippen molar-refractivity contribution in [2.24, 2.45) is 5.92 Å². The van der Waals surface area contributed by atoms with E-state index in [4.69, 9.17) is 0 Å². The number of hydrogen-bond acceptors (Lipinski definition) is 3. The fourth-order valence-corrected chi connectivity index (χ4v) is 1.92. The van der Waals surface area contributed by atoms with Gasteiger partial charge < -0.3 is 10.2 Å². The monoisotopic (exact) mass is 249 g/mol. The van der Waals surface area contributed by atoms with Crippen LogP contribution in [0.1, 0.15) is 37.7 Å². The van der Waals surface area contributed by atoms with Gasteiger partial charge in [-0.1, -0.05) is 13.8 Å². The molecule has 1 rings (SSSR count). The van der Waals surface area contributed by atoms with Crippen LogP contribution in [0.3, 0.4) is 0 Å². The van der Waals surface area contributed by atoms with Gasteiger partial charge in [0.2, 0.25) is 0 Å². The lowest BCUT2D eigenvalue weighted by Crippen LogP contribution is -2.36. The van der Waals surface area contributed by atoms with Crippen LogP contribution < -0.4 is 5.32 Å². The number of nitrogens with one attached hydrogen (secondary N) is 1. The maximum Gasteiger partial charge on any atom is 0.272 e. The average molecular weight is 249 g/mol. The zero-order valence-corrected chi connectivity index (χ0v) is 11.9. The van der Waals surface area contributed by atoms with E-state index in [1.807, 2.05) is 20.2 Å². The molecule has 0 saturated carbocycles. The summed E-state index contributed by atoms with van der Waals surface area (Å²) in [5.41, 5.74) is 1.39. The van der Waals surface area contributed by atoms with Crippen LogP contribution >= 0.6 is 0 Å². The lowest BCUT2D eigenvalue weighted by molar-refractivity contribution is 0.0722. The molecule has 1 atom stereocenters. The summed E-state index contributed by atoms with van der Waals surface area (Å²) >= 11 is 0. The number of aromatic nitrogens is 1. The van der Waals surface area contributed by atoms with Gasteiger partial charge >= 0.3 is 0 Å². The van der Waals surface area contributed by atoms with E-state index in [2.05, 4.69) is 31.1 Å². The Morgan fingerprint density at radius 3 is 2.67 bits per heavy atom. The van der Waals surface area contributed by atoms with Gasteiger partial charge in [0.05, 0.1) is 0 Å². The Labute approximate surface area is 109 Å². The summed E-state index contributed by atoms with van der Waals surface area (Å²) in [6.07, 6.45) is 2.65. The van der Waals surface area contributed by atoms with E-state index in [9.17, 15) is 4.79 Å². The van der Waals surface area contributed by atoms with Gasteiger partial charge in [0, 0.05) is 32.0 Å². The first-order chi connectivity index (χ1) is 8.45. The van der Waals surface area contributed by atoms with E-state index in [0.717, 1.165) is 12.1 Å². The van der Waals surface area contributed by atoms with Crippen LogP contribution in [0.25, 0.3) is 0 Å². The maximum atomic E-state index is 12.3. The van der Waals surface area contributed by atoms with Gasteiger partial charge in [0.15, 0.2) is 0 Å². The molecule has 0 fully saturated rings. The molecule has 4 heteroatoms. The predicted octanol–water partition coefficient (Wildman–Crippen LogP) is 2.63. The number of nitrogens with zero attached hydrogens (tertiary/aromatic N) is 2. The van der Waals surface area contributed by atoms with Gasteiger partial charge in [-0.3, -0.25) is 9.78 Å². The standard InChI is InChI=1S/C14H23N3O/c1-10(2)8-11(3)17(5)14(18)13-9-12(15-4)6-7-16-13/h6-7,9-11H,8H2,1-5H3,(H,15,16). The largest absolute Gasteiger partial charge is 0.388 e. The van der Waals surface area contributed by atoms with Crippen LogP contribution in [0.2, 0.25) is 0 Å². The van der Waals surface area contributed by atoms with E-state index in [1.165, 1.54) is 0 Å². The highest BCUT2D eigenvalue weighted by Gasteiger charge is 2.19. The molecule has 1 heterocycles. The van der Waals surface area contributed by atoms with Crippen molar-refractivity contribution in [2.45, 2.75) is 33.2 Å².